The monoisotopic (exact) mass is 148 g/mol. The molecule has 1 unspecified atom stereocenters. The Morgan fingerprint density at radius 2 is 1.90 bits per heavy atom. The lowest BCUT2D eigenvalue weighted by Gasteiger charge is -2.12. The molecule has 0 aromatic heterocycles. The topological polar surface area (TPSA) is 38.7 Å². The maximum Gasteiger partial charge on any atom is 0.0781 e. The Balaban J connectivity index is 3.12. The Morgan fingerprint density at radius 3 is 2.30 bits per heavy atom. The highest BCUT2D eigenvalue weighted by Crippen LogP contribution is 1.92. The highest BCUT2D eigenvalue weighted by Gasteiger charge is 2.02. The van der Waals surface area contributed by atoms with Gasteiger partial charge in [0, 0.05) is 7.11 Å². The van der Waals surface area contributed by atoms with Gasteiger partial charge in [-0.1, -0.05) is 0 Å². The summed E-state index contributed by atoms with van der Waals surface area (Å²) < 4.78 is 10.00. The normalized spacial score (nSPS) is 16.8. The quantitative estimate of drug-likeness (QED) is 0.614. The first kappa shape index (κ1) is 9.88. The molecule has 0 rings (SSSR count). The molecular weight excluding hydrogens is 132 g/mol. The molecule has 0 aromatic carbocycles. The summed E-state index contributed by atoms with van der Waals surface area (Å²) in [4.78, 5) is 0. The fourth-order valence-electron chi connectivity index (χ4n) is 0.586. The van der Waals surface area contributed by atoms with Crippen molar-refractivity contribution in [1.29, 1.82) is 0 Å². The van der Waals surface area contributed by atoms with Crippen LogP contribution in [0.15, 0.2) is 0 Å². The third-order valence-electron chi connectivity index (χ3n) is 1.02. The van der Waals surface area contributed by atoms with Crippen LogP contribution in [0.3, 0.4) is 0 Å². The molecule has 10 heavy (non-hydrogen) atoms. The predicted octanol–water partition coefficient (Wildman–Crippen LogP) is 0.419. The third-order valence-corrected chi connectivity index (χ3v) is 1.02. The lowest BCUT2D eigenvalue weighted by molar-refractivity contribution is -0.0268. The second kappa shape index (κ2) is 5.65. The van der Waals surface area contributed by atoms with Crippen LogP contribution in [-0.2, 0) is 9.47 Å². The predicted molar refractivity (Wildman–Crippen MR) is 39.0 cm³/mol. The summed E-state index contributed by atoms with van der Waals surface area (Å²) in [6.07, 6.45) is -0.320. The number of aliphatic hydroxyl groups is 1. The Bertz CT molecular complexity index is 73.3. The molecule has 0 spiro atoms. The fourth-order valence-corrected chi connectivity index (χ4v) is 0.586. The molecule has 0 aliphatic heterocycles. The van der Waals surface area contributed by atoms with Gasteiger partial charge in [0.15, 0.2) is 0 Å². The van der Waals surface area contributed by atoms with Gasteiger partial charge in [-0.3, -0.25) is 0 Å². The van der Waals surface area contributed by atoms with Gasteiger partial charge >= 0.3 is 0 Å². The highest BCUT2D eigenvalue weighted by molar-refractivity contribution is 4.48. The first-order chi connectivity index (χ1) is 4.66. The van der Waals surface area contributed by atoms with Crippen LogP contribution < -0.4 is 0 Å². The van der Waals surface area contributed by atoms with E-state index in [-0.39, 0.29) is 12.2 Å². The van der Waals surface area contributed by atoms with E-state index < -0.39 is 0 Å². The SMILES string of the molecule is COCC(C)OC[C@H](C)O. The first-order valence-electron chi connectivity index (χ1n) is 3.45. The molecule has 0 heterocycles. The van der Waals surface area contributed by atoms with Crippen LogP contribution in [0.1, 0.15) is 13.8 Å². The molecule has 1 N–H and O–H groups in total. The largest absolute Gasteiger partial charge is 0.391 e. The van der Waals surface area contributed by atoms with Crippen LogP contribution >= 0.6 is 0 Å². The number of methoxy groups -OCH3 is 1. The second-order valence-corrected chi connectivity index (χ2v) is 2.45. The van der Waals surface area contributed by atoms with Crippen molar-refractivity contribution < 1.29 is 14.6 Å². The van der Waals surface area contributed by atoms with Gasteiger partial charge in [0.1, 0.15) is 0 Å². The van der Waals surface area contributed by atoms with E-state index in [1.807, 2.05) is 6.92 Å². The minimum Gasteiger partial charge on any atom is -0.391 e. The van der Waals surface area contributed by atoms with Gasteiger partial charge in [0.2, 0.25) is 0 Å². The molecule has 62 valence electrons. The standard InChI is InChI=1S/C7H16O3/c1-6(8)4-10-7(2)5-9-3/h6-8H,4-5H2,1-3H3/t6-,7?/m0/s1. The number of hydrogen-bond acceptors (Lipinski definition) is 3. The van der Waals surface area contributed by atoms with Crippen molar-refractivity contribution in [3.8, 4) is 0 Å². The Hall–Kier alpha value is -0.120. The van der Waals surface area contributed by atoms with E-state index >= 15 is 0 Å². The van der Waals surface area contributed by atoms with E-state index in [0.29, 0.717) is 13.2 Å². The molecule has 3 heteroatoms. The van der Waals surface area contributed by atoms with E-state index in [0.717, 1.165) is 0 Å². The highest BCUT2D eigenvalue weighted by atomic mass is 16.5. The number of hydrogen-bond donors (Lipinski definition) is 1. The Morgan fingerprint density at radius 1 is 1.30 bits per heavy atom. The van der Waals surface area contributed by atoms with Crippen LogP contribution in [0, 0.1) is 0 Å². The second-order valence-electron chi connectivity index (χ2n) is 2.45. The summed E-state index contributed by atoms with van der Waals surface area (Å²) in [5, 5.41) is 8.80. The molecular formula is C7H16O3. The molecule has 3 nitrogen and oxygen atoms in total. The molecule has 0 saturated carbocycles. The number of aliphatic hydroxyl groups excluding tert-OH is 1. The molecule has 0 aromatic rings. The molecule has 2 atom stereocenters. The van der Waals surface area contributed by atoms with Crippen LogP contribution in [-0.4, -0.2) is 37.6 Å². The van der Waals surface area contributed by atoms with Gasteiger partial charge in [-0.25, -0.2) is 0 Å². The Kier molecular flexibility index (Phi) is 5.58. The van der Waals surface area contributed by atoms with Crippen molar-refractivity contribution in [2.45, 2.75) is 26.1 Å². The van der Waals surface area contributed by atoms with Crippen LogP contribution in [0.2, 0.25) is 0 Å². The van der Waals surface area contributed by atoms with Crippen molar-refractivity contribution in [1.82, 2.24) is 0 Å². The van der Waals surface area contributed by atoms with Crippen molar-refractivity contribution in [2.24, 2.45) is 0 Å². The molecule has 0 aliphatic carbocycles. The average molecular weight is 148 g/mol. The summed E-state index contributed by atoms with van der Waals surface area (Å²) in [6, 6.07) is 0. The summed E-state index contributed by atoms with van der Waals surface area (Å²) >= 11 is 0. The van der Waals surface area contributed by atoms with Crippen molar-refractivity contribution in [3.05, 3.63) is 0 Å². The Labute approximate surface area is 62.0 Å². The maximum absolute atomic E-state index is 8.80. The average Bonchev–Trinajstić information content (AvgIpc) is 1.85. The van der Waals surface area contributed by atoms with Crippen molar-refractivity contribution >= 4 is 0 Å². The van der Waals surface area contributed by atoms with Gasteiger partial charge < -0.3 is 14.6 Å². The minimum atomic E-state index is -0.390. The zero-order valence-electron chi connectivity index (χ0n) is 6.83. The third kappa shape index (κ3) is 6.01. The molecule has 0 fully saturated rings. The molecule has 0 amide bonds. The molecule has 0 bridgehead atoms. The van der Waals surface area contributed by atoms with Crippen LogP contribution in [0.25, 0.3) is 0 Å². The number of ether oxygens (including phenoxy) is 2. The molecule has 0 saturated heterocycles. The fraction of sp³-hybridized carbons (Fsp3) is 1.00. The van der Waals surface area contributed by atoms with E-state index in [1.165, 1.54) is 0 Å². The van der Waals surface area contributed by atoms with Gasteiger partial charge in [0.25, 0.3) is 0 Å². The number of rotatable bonds is 5. The van der Waals surface area contributed by atoms with Gasteiger partial charge in [-0.15, -0.1) is 0 Å². The van der Waals surface area contributed by atoms with Gasteiger partial charge in [0.05, 0.1) is 25.4 Å². The van der Waals surface area contributed by atoms with E-state index in [1.54, 1.807) is 14.0 Å². The van der Waals surface area contributed by atoms with Crippen LogP contribution in [0.4, 0.5) is 0 Å². The maximum atomic E-state index is 8.80. The summed E-state index contributed by atoms with van der Waals surface area (Å²) in [7, 11) is 1.63. The van der Waals surface area contributed by atoms with Gasteiger partial charge in [-0.2, -0.15) is 0 Å². The van der Waals surface area contributed by atoms with E-state index in [9.17, 15) is 0 Å². The van der Waals surface area contributed by atoms with Gasteiger partial charge in [-0.05, 0) is 13.8 Å². The van der Waals surface area contributed by atoms with E-state index in [2.05, 4.69) is 0 Å². The van der Waals surface area contributed by atoms with Crippen LogP contribution in [0.5, 0.6) is 0 Å². The lowest BCUT2D eigenvalue weighted by atomic mass is 10.4. The minimum absolute atomic E-state index is 0.0691. The summed E-state index contributed by atoms with van der Waals surface area (Å²) in [5.74, 6) is 0. The zero-order valence-corrected chi connectivity index (χ0v) is 6.83. The van der Waals surface area contributed by atoms with Crippen molar-refractivity contribution in [2.75, 3.05) is 20.3 Å². The smallest absolute Gasteiger partial charge is 0.0781 e. The summed E-state index contributed by atoms with van der Waals surface area (Å²) in [5.41, 5.74) is 0. The zero-order chi connectivity index (χ0) is 7.98. The lowest BCUT2D eigenvalue weighted by Crippen LogP contribution is -2.20. The molecule has 0 aliphatic rings. The first-order valence-corrected chi connectivity index (χ1v) is 3.45. The molecule has 0 radical (unpaired) electrons. The van der Waals surface area contributed by atoms with Crippen molar-refractivity contribution in [3.63, 3.8) is 0 Å². The summed E-state index contributed by atoms with van der Waals surface area (Å²) in [6.45, 7) is 4.56. The van der Waals surface area contributed by atoms with E-state index in [4.69, 9.17) is 14.6 Å².